The third kappa shape index (κ3) is 3.26. The van der Waals surface area contributed by atoms with E-state index in [0.29, 0.717) is 10.5 Å². The maximum atomic E-state index is 12.9. The van der Waals surface area contributed by atoms with Crippen LogP contribution in [0, 0.1) is 0 Å². The average molecular weight is 338 g/mol. The lowest BCUT2D eigenvalue weighted by Gasteiger charge is -2.15. The van der Waals surface area contributed by atoms with Crippen LogP contribution in [0.1, 0.15) is 25.0 Å². The predicted molar refractivity (Wildman–Crippen MR) is 95.9 cm³/mol. The molecule has 0 fully saturated rings. The zero-order chi connectivity index (χ0) is 17.1. The second-order valence-electron chi connectivity index (χ2n) is 5.79. The zero-order valence-electron chi connectivity index (χ0n) is 13.6. The second-order valence-corrected chi connectivity index (χ2v) is 7.38. The van der Waals surface area contributed by atoms with Crippen molar-refractivity contribution >= 4 is 29.1 Å². The molecule has 1 aromatic carbocycles. The molecule has 0 spiro atoms. The topological polar surface area (TPSA) is 50.3 Å². The van der Waals surface area contributed by atoms with Gasteiger partial charge in [-0.15, -0.1) is 11.8 Å². The Morgan fingerprint density at radius 1 is 1.04 bits per heavy atom. The summed E-state index contributed by atoms with van der Waals surface area (Å²) < 4.78 is 0. The van der Waals surface area contributed by atoms with Gasteiger partial charge < -0.3 is 0 Å². The van der Waals surface area contributed by atoms with E-state index in [1.165, 1.54) is 16.7 Å². The van der Waals surface area contributed by atoms with Crippen molar-refractivity contribution in [3.8, 4) is 0 Å². The van der Waals surface area contributed by atoms with Crippen LogP contribution in [0.3, 0.4) is 0 Å². The van der Waals surface area contributed by atoms with Gasteiger partial charge in [0, 0.05) is 17.6 Å². The first-order valence-corrected chi connectivity index (χ1v) is 8.67. The molecule has 0 unspecified atom stereocenters. The fraction of sp³-hybridized carbons (Fsp3) is 0.211. The number of benzene rings is 1. The van der Waals surface area contributed by atoms with E-state index in [4.69, 9.17) is 0 Å². The van der Waals surface area contributed by atoms with Gasteiger partial charge in [-0.1, -0.05) is 50.2 Å². The van der Waals surface area contributed by atoms with E-state index in [9.17, 15) is 9.59 Å². The molecule has 1 aliphatic heterocycles. The Hall–Kier alpha value is -2.40. The van der Waals surface area contributed by atoms with E-state index in [2.05, 4.69) is 4.98 Å². The highest BCUT2D eigenvalue weighted by atomic mass is 32.2. The lowest BCUT2D eigenvalue weighted by molar-refractivity contribution is -0.137. The van der Waals surface area contributed by atoms with Gasteiger partial charge in [-0.2, -0.15) is 0 Å². The first-order valence-electron chi connectivity index (χ1n) is 7.79. The minimum absolute atomic E-state index is 0.216. The van der Waals surface area contributed by atoms with E-state index in [-0.39, 0.29) is 23.6 Å². The summed E-state index contributed by atoms with van der Waals surface area (Å²) in [6.07, 6.45) is 3.35. The maximum Gasteiger partial charge on any atom is 0.268 e. The first-order chi connectivity index (χ1) is 11.6. The van der Waals surface area contributed by atoms with Crippen molar-refractivity contribution in [3.63, 3.8) is 0 Å². The molecule has 2 heterocycles. The molecule has 24 heavy (non-hydrogen) atoms. The number of nitrogens with zero attached hydrogens (tertiary/aromatic N) is 2. The molecule has 0 aliphatic carbocycles. The van der Waals surface area contributed by atoms with Gasteiger partial charge in [-0.25, -0.2) is 0 Å². The molecule has 122 valence electrons. The van der Waals surface area contributed by atoms with Crippen molar-refractivity contribution < 1.29 is 9.59 Å². The van der Waals surface area contributed by atoms with Crippen molar-refractivity contribution in [1.82, 2.24) is 9.88 Å². The number of amides is 2. The summed E-state index contributed by atoms with van der Waals surface area (Å²) in [6.45, 7) is 4.27. The minimum Gasteiger partial charge on any atom is -0.269 e. The molecule has 1 aliphatic rings. The summed E-state index contributed by atoms with van der Waals surface area (Å²) in [5.74, 6) is -0.459. The highest BCUT2D eigenvalue weighted by molar-refractivity contribution is 8.04. The van der Waals surface area contributed by atoms with Gasteiger partial charge in [0.1, 0.15) is 0 Å². The second kappa shape index (κ2) is 7.01. The molecule has 0 saturated heterocycles. The Balaban J connectivity index is 1.98. The molecule has 3 rings (SSSR count). The van der Waals surface area contributed by atoms with Crippen molar-refractivity contribution in [3.05, 3.63) is 70.9 Å². The van der Waals surface area contributed by atoms with Crippen molar-refractivity contribution in [2.45, 2.75) is 25.6 Å². The quantitative estimate of drug-likeness (QED) is 0.783. The normalized spacial score (nSPS) is 14.9. The fourth-order valence-corrected chi connectivity index (χ4v) is 3.58. The first kappa shape index (κ1) is 16.5. The van der Waals surface area contributed by atoms with Gasteiger partial charge in [-0.05, 0) is 17.2 Å². The molecule has 0 N–H and O–H groups in total. The molecular weight excluding hydrogens is 320 g/mol. The smallest absolute Gasteiger partial charge is 0.268 e. The van der Waals surface area contributed by atoms with E-state index >= 15 is 0 Å². The summed E-state index contributed by atoms with van der Waals surface area (Å²) in [7, 11) is 0. The van der Waals surface area contributed by atoms with Crippen LogP contribution < -0.4 is 0 Å². The van der Waals surface area contributed by atoms with Crippen molar-refractivity contribution in [1.29, 1.82) is 0 Å². The van der Waals surface area contributed by atoms with Crippen LogP contribution in [0.5, 0.6) is 0 Å². The van der Waals surface area contributed by atoms with Gasteiger partial charge in [0.2, 0.25) is 0 Å². The summed E-state index contributed by atoms with van der Waals surface area (Å²) in [4.78, 5) is 31.7. The molecule has 0 saturated carbocycles. The Morgan fingerprint density at radius 3 is 2.42 bits per heavy atom. The van der Waals surface area contributed by atoms with Gasteiger partial charge in [-0.3, -0.25) is 19.5 Å². The highest BCUT2D eigenvalue weighted by Crippen LogP contribution is 2.38. The number of rotatable bonds is 5. The molecule has 5 heteroatoms. The highest BCUT2D eigenvalue weighted by Gasteiger charge is 2.39. The van der Waals surface area contributed by atoms with Gasteiger partial charge in [0.25, 0.3) is 11.8 Å². The van der Waals surface area contributed by atoms with Crippen LogP contribution >= 0.6 is 11.8 Å². The fourth-order valence-electron chi connectivity index (χ4n) is 2.58. The minimum atomic E-state index is -0.238. The molecule has 2 amide bonds. The van der Waals surface area contributed by atoms with Gasteiger partial charge in [0.15, 0.2) is 0 Å². The monoisotopic (exact) mass is 338 g/mol. The predicted octanol–water partition coefficient (Wildman–Crippen LogP) is 3.50. The van der Waals surface area contributed by atoms with Crippen LogP contribution in [0.25, 0.3) is 5.57 Å². The van der Waals surface area contributed by atoms with Crippen molar-refractivity contribution in [2.24, 2.45) is 0 Å². The van der Waals surface area contributed by atoms with Crippen LogP contribution in [0.2, 0.25) is 0 Å². The number of imide groups is 1. The number of hydrogen-bond acceptors (Lipinski definition) is 4. The van der Waals surface area contributed by atoms with E-state index < -0.39 is 0 Å². The Bertz CT molecular complexity index is 786. The summed E-state index contributed by atoms with van der Waals surface area (Å²) in [6, 6.07) is 13.1. The number of aromatic nitrogens is 1. The largest absolute Gasteiger partial charge is 0.269 e. The third-order valence-electron chi connectivity index (χ3n) is 3.60. The number of thioether (sulfide) groups is 1. The Kier molecular flexibility index (Phi) is 4.81. The van der Waals surface area contributed by atoms with E-state index in [1.807, 2.05) is 50.2 Å². The van der Waals surface area contributed by atoms with E-state index in [1.54, 1.807) is 18.5 Å². The number of carbonyl (C=O) groups excluding carboxylic acids is 2. The zero-order valence-corrected chi connectivity index (χ0v) is 14.4. The van der Waals surface area contributed by atoms with Crippen LogP contribution in [0.15, 0.2) is 59.8 Å². The van der Waals surface area contributed by atoms with Crippen molar-refractivity contribution in [2.75, 3.05) is 0 Å². The average Bonchev–Trinajstić information content (AvgIpc) is 2.81. The molecule has 1 aromatic heterocycles. The summed E-state index contributed by atoms with van der Waals surface area (Å²) in [5, 5.41) is 0.216. The van der Waals surface area contributed by atoms with Gasteiger partial charge >= 0.3 is 0 Å². The lowest BCUT2D eigenvalue weighted by Crippen LogP contribution is -2.31. The standard InChI is InChI=1S/C19H18N2O2S/c1-13(2)24-17-16(15-8-4-3-5-9-15)18(22)21(19(17)23)12-14-7-6-10-20-11-14/h3-11,13H,12H2,1-2H3. The molecular formula is C19H18N2O2S. The third-order valence-corrected chi connectivity index (χ3v) is 4.69. The SMILES string of the molecule is CC(C)SC1=C(c2ccccc2)C(=O)N(Cc2cccnc2)C1=O. The Labute approximate surface area is 145 Å². The maximum absolute atomic E-state index is 12.9. The molecule has 0 atom stereocenters. The van der Waals surface area contributed by atoms with Crippen LogP contribution in [-0.4, -0.2) is 26.9 Å². The van der Waals surface area contributed by atoms with Crippen LogP contribution in [-0.2, 0) is 16.1 Å². The van der Waals surface area contributed by atoms with Gasteiger partial charge in [0.05, 0.1) is 17.0 Å². The molecule has 2 aromatic rings. The number of carbonyl (C=O) groups is 2. The molecule has 0 radical (unpaired) electrons. The Morgan fingerprint density at radius 2 is 1.79 bits per heavy atom. The van der Waals surface area contributed by atoms with E-state index in [0.717, 1.165) is 11.1 Å². The number of hydrogen-bond donors (Lipinski definition) is 0. The summed E-state index contributed by atoms with van der Waals surface area (Å²) >= 11 is 1.44. The lowest BCUT2D eigenvalue weighted by atomic mass is 10.1. The summed E-state index contributed by atoms with van der Waals surface area (Å²) in [5.41, 5.74) is 2.12. The van der Waals surface area contributed by atoms with Crippen LogP contribution in [0.4, 0.5) is 0 Å². The molecule has 0 bridgehead atoms. The number of pyridine rings is 1. The molecule has 4 nitrogen and oxygen atoms in total.